The maximum absolute atomic E-state index is 13.1. The second-order valence-corrected chi connectivity index (χ2v) is 4.78. The number of nitrogens with zero attached hydrogens (tertiary/aromatic N) is 2. The molecule has 3 N–H and O–H groups in total. The van der Waals surface area contributed by atoms with E-state index in [2.05, 4.69) is 16.3 Å². The Morgan fingerprint density at radius 3 is 2.79 bits per heavy atom. The van der Waals surface area contributed by atoms with Crippen molar-refractivity contribution < 1.29 is 4.39 Å². The van der Waals surface area contributed by atoms with Crippen LogP contribution in [0.3, 0.4) is 0 Å². The third kappa shape index (κ3) is 3.43. The molecule has 1 aromatic rings. The van der Waals surface area contributed by atoms with Crippen molar-refractivity contribution in [1.82, 2.24) is 5.32 Å². The van der Waals surface area contributed by atoms with E-state index in [1.165, 1.54) is 12.1 Å². The number of nitrogens with one attached hydrogen (secondary N) is 1. The molecule has 0 saturated carbocycles. The highest BCUT2D eigenvalue weighted by Gasteiger charge is 2.20. The lowest BCUT2D eigenvalue weighted by atomic mass is 10.0. The third-order valence-corrected chi connectivity index (χ3v) is 3.49. The predicted molar refractivity (Wildman–Crippen MR) is 73.4 cm³/mol. The lowest BCUT2D eigenvalue weighted by Crippen LogP contribution is -2.44. The molecule has 1 fully saturated rings. The maximum Gasteiger partial charge on any atom is 0.124 e. The number of piperidine rings is 1. The van der Waals surface area contributed by atoms with Crippen LogP contribution in [0.2, 0.25) is 0 Å². The van der Waals surface area contributed by atoms with E-state index in [4.69, 9.17) is 11.0 Å². The van der Waals surface area contributed by atoms with Gasteiger partial charge >= 0.3 is 0 Å². The van der Waals surface area contributed by atoms with Crippen LogP contribution >= 0.6 is 0 Å². The number of halogens is 1. The van der Waals surface area contributed by atoms with Gasteiger partial charge in [-0.3, -0.25) is 0 Å². The SMILES string of the molecule is N#Cc1cc(F)ccc1N1CCC(NCCN)CC1. The maximum atomic E-state index is 13.1. The predicted octanol–water partition coefficient (Wildman–Crippen LogP) is 1.21. The lowest BCUT2D eigenvalue weighted by molar-refractivity contribution is 0.419. The lowest BCUT2D eigenvalue weighted by Gasteiger charge is -2.34. The van der Waals surface area contributed by atoms with Gasteiger partial charge in [0, 0.05) is 32.2 Å². The summed E-state index contributed by atoms with van der Waals surface area (Å²) in [4.78, 5) is 2.15. The first-order chi connectivity index (χ1) is 9.24. The zero-order valence-corrected chi connectivity index (χ0v) is 10.9. The molecule has 1 heterocycles. The van der Waals surface area contributed by atoms with Gasteiger partial charge in [0.1, 0.15) is 11.9 Å². The van der Waals surface area contributed by atoms with Crippen LogP contribution in [0.4, 0.5) is 10.1 Å². The van der Waals surface area contributed by atoms with E-state index in [-0.39, 0.29) is 5.82 Å². The second kappa shape index (κ2) is 6.50. The molecule has 1 aliphatic heterocycles. The minimum Gasteiger partial charge on any atom is -0.370 e. The summed E-state index contributed by atoms with van der Waals surface area (Å²) >= 11 is 0. The summed E-state index contributed by atoms with van der Waals surface area (Å²) in [5.74, 6) is -0.361. The van der Waals surface area contributed by atoms with E-state index in [0.29, 0.717) is 18.2 Å². The molecule has 19 heavy (non-hydrogen) atoms. The summed E-state index contributed by atoms with van der Waals surface area (Å²) in [5.41, 5.74) is 6.72. The van der Waals surface area contributed by atoms with Crippen LogP contribution in [-0.2, 0) is 0 Å². The van der Waals surface area contributed by atoms with E-state index in [9.17, 15) is 4.39 Å². The molecule has 2 rings (SSSR count). The van der Waals surface area contributed by atoms with Crippen LogP contribution < -0.4 is 16.0 Å². The van der Waals surface area contributed by atoms with E-state index < -0.39 is 0 Å². The highest BCUT2D eigenvalue weighted by molar-refractivity contribution is 5.59. The Morgan fingerprint density at radius 2 is 2.16 bits per heavy atom. The minimum absolute atomic E-state index is 0.361. The highest BCUT2D eigenvalue weighted by Crippen LogP contribution is 2.24. The fraction of sp³-hybridized carbons (Fsp3) is 0.500. The van der Waals surface area contributed by atoms with Gasteiger partial charge in [-0.25, -0.2) is 4.39 Å². The Bertz CT molecular complexity index is 461. The van der Waals surface area contributed by atoms with Gasteiger partial charge in [-0.15, -0.1) is 0 Å². The zero-order valence-electron chi connectivity index (χ0n) is 10.9. The van der Waals surface area contributed by atoms with Crippen LogP contribution in [0.15, 0.2) is 18.2 Å². The number of anilines is 1. The summed E-state index contributed by atoms with van der Waals surface area (Å²) in [6, 6.07) is 6.96. The summed E-state index contributed by atoms with van der Waals surface area (Å²) in [6.07, 6.45) is 2.03. The van der Waals surface area contributed by atoms with Crippen LogP contribution in [0.25, 0.3) is 0 Å². The van der Waals surface area contributed by atoms with Crippen LogP contribution in [0.5, 0.6) is 0 Å². The molecule has 0 atom stereocenters. The highest BCUT2D eigenvalue weighted by atomic mass is 19.1. The fourth-order valence-corrected chi connectivity index (χ4v) is 2.49. The first-order valence-corrected chi connectivity index (χ1v) is 6.62. The van der Waals surface area contributed by atoms with Crippen LogP contribution in [0.1, 0.15) is 18.4 Å². The third-order valence-electron chi connectivity index (χ3n) is 3.49. The Kier molecular flexibility index (Phi) is 4.72. The summed E-state index contributed by atoms with van der Waals surface area (Å²) in [6.45, 7) is 3.24. The first-order valence-electron chi connectivity index (χ1n) is 6.62. The second-order valence-electron chi connectivity index (χ2n) is 4.78. The van der Waals surface area contributed by atoms with Gasteiger partial charge in [-0.05, 0) is 31.0 Å². The number of nitrogens with two attached hydrogens (primary N) is 1. The molecule has 5 heteroatoms. The normalized spacial score (nSPS) is 16.4. The molecule has 1 saturated heterocycles. The first kappa shape index (κ1) is 13.8. The minimum atomic E-state index is -0.361. The molecule has 4 nitrogen and oxygen atoms in total. The molecule has 1 aromatic carbocycles. The molecule has 0 spiro atoms. The van der Waals surface area contributed by atoms with Crippen molar-refractivity contribution in [2.75, 3.05) is 31.1 Å². The standard InChI is InChI=1S/C14H19FN4/c15-12-1-2-14(11(9-12)10-17)19-7-3-13(4-8-19)18-6-5-16/h1-2,9,13,18H,3-8,16H2. The average Bonchev–Trinajstić information content (AvgIpc) is 2.45. The molecular formula is C14H19FN4. The molecule has 0 aromatic heterocycles. The van der Waals surface area contributed by atoms with E-state index in [0.717, 1.165) is 38.2 Å². The summed E-state index contributed by atoms with van der Waals surface area (Å²) in [7, 11) is 0. The monoisotopic (exact) mass is 262 g/mol. The number of hydrogen-bond donors (Lipinski definition) is 2. The van der Waals surface area contributed by atoms with Crippen molar-refractivity contribution in [1.29, 1.82) is 5.26 Å². The van der Waals surface area contributed by atoms with Gasteiger partial charge in [0.25, 0.3) is 0 Å². The van der Waals surface area contributed by atoms with Crippen molar-refractivity contribution >= 4 is 5.69 Å². The van der Waals surface area contributed by atoms with E-state index in [1.807, 2.05) is 0 Å². The zero-order chi connectivity index (χ0) is 13.7. The molecule has 1 aliphatic rings. The van der Waals surface area contributed by atoms with Crippen molar-refractivity contribution in [2.24, 2.45) is 5.73 Å². The summed E-state index contributed by atoms with van der Waals surface area (Å²) in [5, 5.41) is 12.5. The number of rotatable bonds is 4. The Labute approximate surface area is 113 Å². The van der Waals surface area contributed by atoms with Gasteiger partial charge in [0.05, 0.1) is 11.3 Å². The fourth-order valence-electron chi connectivity index (χ4n) is 2.49. The van der Waals surface area contributed by atoms with Crippen molar-refractivity contribution in [3.05, 3.63) is 29.6 Å². The molecule has 0 amide bonds. The van der Waals surface area contributed by atoms with Gasteiger partial charge in [0.15, 0.2) is 0 Å². The Morgan fingerprint density at radius 1 is 1.42 bits per heavy atom. The molecular weight excluding hydrogens is 243 g/mol. The molecule has 0 radical (unpaired) electrons. The van der Waals surface area contributed by atoms with Crippen LogP contribution in [0, 0.1) is 17.1 Å². The van der Waals surface area contributed by atoms with Gasteiger partial charge in [-0.1, -0.05) is 0 Å². The van der Waals surface area contributed by atoms with Gasteiger partial charge < -0.3 is 16.0 Å². The Hall–Kier alpha value is -1.64. The molecule has 0 bridgehead atoms. The quantitative estimate of drug-likeness (QED) is 0.856. The smallest absolute Gasteiger partial charge is 0.124 e. The van der Waals surface area contributed by atoms with Crippen molar-refractivity contribution in [3.63, 3.8) is 0 Å². The van der Waals surface area contributed by atoms with Crippen molar-refractivity contribution in [2.45, 2.75) is 18.9 Å². The van der Waals surface area contributed by atoms with Crippen LogP contribution in [-0.4, -0.2) is 32.2 Å². The van der Waals surface area contributed by atoms with Gasteiger partial charge in [0.2, 0.25) is 0 Å². The topological polar surface area (TPSA) is 65.1 Å². The average molecular weight is 262 g/mol. The number of hydrogen-bond acceptors (Lipinski definition) is 4. The van der Waals surface area contributed by atoms with Crippen molar-refractivity contribution in [3.8, 4) is 6.07 Å². The summed E-state index contributed by atoms with van der Waals surface area (Å²) < 4.78 is 13.1. The molecule has 0 unspecified atom stereocenters. The molecule has 102 valence electrons. The Balaban J connectivity index is 2.00. The molecule has 0 aliphatic carbocycles. The number of benzene rings is 1. The van der Waals surface area contributed by atoms with Gasteiger partial charge in [-0.2, -0.15) is 5.26 Å². The van der Waals surface area contributed by atoms with E-state index in [1.54, 1.807) is 6.07 Å². The van der Waals surface area contributed by atoms with E-state index >= 15 is 0 Å². The largest absolute Gasteiger partial charge is 0.370 e. The number of nitriles is 1.